The predicted molar refractivity (Wildman–Crippen MR) is 93.4 cm³/mol. The first-order valence-corrected chi connectivity index (χ1v) is 9.26. The maximum Gasteiger partial charge on any atom is 0.246 e. The summed E-state index contributed by atoms with van der Waals surface area (Å²) in [5, 5.41) is 10.7. The van der Waals surface area contributed by atoms with Crippen LogP contribution in [0.15, 0.2) is 30.3 Å². The fourth-order valence-corrected chi connectivity index (χ4v) is 3.65. The molecule has 1 N–H and O–H groups in total. The minimum Gasteiger partial charge on any atom is -0.286 e. The number of carbonyl (C=O) groups excluding carboxylic acids is 1. The predicted octanol–water partition coefficient (Wildman–Crippen LogP) is 5.15. The molecule has 0 aliphatic carbocycles. The first kappa shape index (κ1) is 18.0. The molecule has 128 valence electrons. The molecule has 1 aliphatic heterocycles. The molecule has 1 aromatic carbocycles. The number of piperidine rings is 1. The minimum atomic E-state index is -0.120. The monoisotopic (exact) mass is 317 g/mol. The molecule has 23 heavy (non-hydrogen) atoms. The third-order valence-corrected chi connectivity index (χ3v) is 5.07. The van der Waals surface area contributed by atoms with Crippen molar-refractivity contribution in [3.8, 4) is 0 Å². The van der Waals surface area contributed by atoms with Gasteiger partial charge in [-0.1, -0.05) is 82.2 Å². The topological polar surface area (TPSA) is 40.5 Å². The summed E-state index contributed by atoms with van der Waals surface area (Å²) in [5.74, 6) is 0.507. The van der Waals surface area contributed by atoms with Crippen LogP contribution >= 0.6 is 0 Å². The Morgan fingerprint density at radius 3 is 2.39 bits per heavy atom. The maximum atomic E-state index is 11.9. The highest BCUT2D eigenvalue weighted by Gasteiger charge is 2.33. The maximum absolute atomic E-state index is 11.9. The van der Waals surface area contributed by atoms with Crippen LogP contribution in [0.2, 0.25) is 0 Å². The molecule has 0 radical (unpaired) electrons. The smallest absolute Gasteiger partial charge is 0.246 e. The second-order valence-corrected chi connectivity index (χ2v) is 6.87. The zero-order valence-electron chi connectivity index (χ0n) is 14.4. The molecule has 2 rings (SSSR count). The van der Waals surface area contributed by atoms with Gasteiger partial charge in [-0.2, -0.15) is 0 Å². The number of nitrogens with zero attached hydrogens (tertiary/aromatic N) is 1. The lowest BCUT2D eigenvalue weighted by Crippen LogP contribution is -2.41. The van der Waals surface area contributed by atoms with Crippen molar-refractivity contribution in [2.24, 2.45) is 5.92 Å². The molecule has 3 nitrogen and oxygen atoms in total. The number of hydrogen-bond donors (Lipinski definition) is 1. The van der Waals surface area contributed by atoms with E-state index in [0.717, 1.165) is 11.5 Å². The average Bonchev–Trinajstić information content (AvgIpc) is 2.57. The summed E-state index contributed by atoms with van der Waals surface area (Å²) in [6.07, 6.45) is 10.7. The van der Waals surface area contributed by atoms with Gasteiger partial charge in [-0.3, -0.25) is 10.0 Å². The van der Waals surface area contributed by atoms with E-state index in [9.17, 15) is 10.0 Å². The summed E-state index contributed by atoms with van der Waals surface area (Å²) >= 11 is 0. The van der Waals surface area contributed by atoms with Crippen LogP contribution in [0.5, 0.6) is 0 Å². The van der Waals surface area contributed by atoms with Gasteiger partial charge in [0.1, 0.15) is 0 Å². The molecule has 1 heterocycles. The van der Waals surface area contributed by atoms with Crippen LogP contribution in [0.1, 0.15) is 76.2 Å². The van der Waals surface area contributed by atoms with E-state index in [2.05, 4.69) is 19.1 Å². The number of benzene rings is 1. The highest BCUT2D eigenvalue weighted by atomic mass is 16.5. The molecule has 0 spiro atoms. The summed E-state index contributed by atoms with van der Waals surface area (Å²) in [7, 11) is 0. The first-order valence-electron chi connectivity index (χ1n) is 9.26. The molecule has 1 saturated heterocycles. The number of amides is 1. The van der Waals surface area contributed by atoms with Gasteiger partial charge in [0.25, 0.3) is 0 Å². The lowest BCUT2D eigenvalue weighted by molar-refractivity contribution is -0.174. The van der Waals surface area contributed by atoms with Gasteiger partial charge in [-0.25, -0.2) is 5.06 Å². The molecular weight excluding hydrogens is 286 g/mol. The summed E-state index contributed by atoms with van der Waals surface area (Å²) < 4.78 is 0. The summed E-state index contributed by atoms with van der Waals surface area (Å²) in [6.45, 7) is 2.68. The second kappa shape index (κ2) is 9.71. The molecule has 0 bridgehead atoms. The zero-order chi connectivity index (χ0) is 16.5. The summed E-state index contributed by atoms with van der Waals surface area (Å²) in [6, 6.07) is 10.3. The lowest BCUT2D eigenvalue weighted by atomic mass is 9.78. The fraction of sp³-hybridized carbons (Fsp3) is 0.650. The van der Waals surface area contributed by atoms with Crippen LogP contribution in [0, 0.1) is 5.92 Å². The van der Waals surface area contributed by atoms with Crippen LogP contribution in [0.4, 0.5) is 0 Å². The first-order chi connectivity index (χ1) is 11.2. The molecule has 2 unspecified atom stereocenters. The standard InChI is InChI=1S/C20H31NO2/c1-2-3-4-5-6-7-9-14-18-15-20(22)21(23)16-19(18)17-12-10-8-11-13-17/h8,10-13,18-19,23H,2-7,9,14-16H2,1H3. The van der Waals surface area contributed by atoms with Crippen molar-refractivity contribution >= 4 is 5.91 Å². The fourth-order valence-electron chi connectivity index (χ4n) is 3.65. The van der Waals surface area contributed by atoms with Crippen molar-refractivity contribution in [1.29, 1.82) is 0 Å². The average molecular weight is 317 g/mol. The van der Waals surface area contributed by atoms with Crippen LogP contribution in [0.3, 0.4) is 0 Å². The number of carbonyl (C=O) groups is 1. The van der Waals surface area contributed by atoms with Gasteiger partial charge < -0.3 is 0 Å². The molecule has 1 aliphatic rings. The Morgan fingerprint density at radius 2 is 1.70 bits per heavy atom. The highest BCUT2D eigenvalue weighted by molar-refractivity contribution is 5.76. The van der Waals surface area contributed by atoms with E-state index in [1.807, 2.05) is 18.2 Å². The van der Waals surface area contributed by atoms with E-state index in [-0.39, 0.29) is 11.8 Å². The third kappa shape index (κ3) is 5.65. The van der Waals surface area contributed by atoms with Gasteiger partial charge in [0.15, 0.2) is 0 Å². The van der Waals surface area contributed by atoms with Gasteiger partial charge in [0.2, 0.25) is 5.91 Å². The van der Waals surface area contributed by atoms with E-state index < -0.39 is 0 Å². The third-order valence-electron chi connectivity index (χ3n) is 5.07. The Hall–Kier alpha value is -1.35. The molecule has 1 fully saturated rings. The molecule has 1 amide bonds. The molecular formula is C20H31NO2. The summed E-state index contributed by atoms with van der Waals surface area (Å²) in [5.41, 5.74) is 1.24. The zero-order valence-corrected chi connectivity index (χ0v) is 14.4. The number of unbranched alkanes of at least 4 members (excludes halogenated alkanes) is 6. The van der Waals surface area contributed by atoms with Crippen molar-refractivity contribution in [3.05, 3.63) is 35.9 Å². The molecule has 3 heteroatoms. The second-order valence-electron chi connectivity index (χ2n) is 6.87. The van der Waals surface area contributed by atoms with Crippen molar-refractivity contribution in [2.45, 2.75) is 70.6 Å². The Kier molecular flexibility index (Phi) is 7.60. The van der Waals surface area contributed by atoms with E-state index in [0.29, 0.717) is 18.9 Å². The van der Waals surface area contributed by atoms with Gasteiger partial charge in [-0.05, 0) is 17.9 Å². The largest absolute Gasteiger partial charge is 0.286 e. The molecule has 0 saturated carbocycles. The van der Waals surface area contributed by atoms with Crippen molar-refractivity contribution < 1.29 is 10.0 Å². The number of hydroxylamine groups is 2. The SMILES string of the molecule is CCCCCCCCCC1CC(=O)N(O)CC1c1ccccc1. The van der Waals surface area contributed by atoms with Crippen molar-refractivity contribution in [2.75, 3.05) is 6.54 Å². The number of rotatable bonds is 9. The summed E-state index contributed by atoms with van der Waals surface area (Å²) in [4.78, 5) is 11.9. The Morgan fingerprint density at radius 1 is 1.04 bits per heavy atom. The van der Waals surface area contributed by atoms with E-state index in [1.165, 1.54) is 50.5 Å². The van der Waals surface area contributed by atoms with Gasteiger partial charge >= 0.3 is 0 Å². The van der Waals surface area contributed by atoms with Crippen LogP contribution in [-0.4, -0.2) is 22.7 Å². The van der Waals surface area contributed by atoms with Gasteiger partial charge in [0.05, 0.1) is 6.54 Å². The Bertz CT molecular complexity index is 460. The Balaban J connectivity index is 1.83. The minimum absolute atomic E-state index is 0.120. The van der Waals surface area contributed by atoms with Crippen molar-refractivity contribution in [1.82, 2.24) is 5.06 Å². The normalized spacial score (nSPS) is 21.7. The van der Waals surface area contributed by atoms with E-state index in [1.54, 1.807) is 0 Å². The molecule has 1 aromatic rings. The highest BCUT2D eigenvalue weighted by Crippen LogP contribution is 2.35. The molecule has 0 aromatic heterocycles. The lowest BCUT2D eigenvalue weighted by Gasteiger charge is -2.35. The van der Waals surface area contributed by atoms with Gasteiger partial charge in [-0.15, -0.1) is 0 Å². The van der Waals surface area contributed by atoms with Crippen LogP contribution in [-0.2, 0) is 4.79 Å². The van der Waals surface area contributed by atoms with Crippen molar-refractivity contribution in [3.63, 3.8) is 0 Å². The van der Waals surface area contributed by atoms with Crippen LogP contribution < -0.4 is 0 Å². The van der Waals surface area contributed by atoms with E-state index >= 15 is 0 Å². The Labute approximate surface area is 140 Å². The quantitative estimate of drug-likeness (QED) is 0.505. The molecule has 2 atom stereocenters. The van der Waals surface area contributed by atoms with Crippen LogP contribution in [0.25, 0.3) is 0 Å². The number of hydrogen-bond acceptors (Lipinski definition) is 2. The van der Waals surface area contributed by atoms with Gasteiger partial charge in [0, 0.05) is 12.3 Å². The van der Waals surface area contributed by atoms with E-state index in [4.69, 9.17) is 0 Å².